The Morgan fingerprint density at radius 3 is 2.60 bits per heavy atom. The molecule has 2 rings (SSSR count). The van der Waals surface area contributed by atoms with Crippen LogP contribution in [0.2, 0.25) is 0 Å². The van der Waals surface area contributed by atoms with Gasteiger partial charge in [0.15, 0.2) is 0 Å². The molecule has 0 nitrogen and oxygen atoms in total. The average Bonchev–Trinajstić information content (AvgIpc) is 2.52. The Balaban J connectivity index is 2.18. The van der Waals surface area contributed by atoms with Gasteiger partial charge >= 0.3 is 0 Å². The summed E-state index contributed by atoms with van der Waals surface area (Å²) in [5.41, 5.74) is 2.09. The van der Waals surface area contributed by atoms with Gasteiger partial charge in [-0.1, -0.05) is 26.0 Å². The highest BCUT2D eigenvalue weighted by molar-refractivity contribution is 5.34. The molecular weight excluding hydrogens is 120 g/mol. The Labute approximate surface area is 63.3 Å². The van der Waals surface area contributed by atoms with E-state index in [1.807, 2.05) is 0 Å². The van der Waals surface area contributed by atoms with Crippen molar-refractivity contribution in [3.05, 3.63) is 18.6 Å². The smallest absolute Gasteiger partial charge is 0.0131 e. The normalized spacial score (nSPS) is 44.3. The molecule has 2 aliphatic rings. The summed E-state index contributed by atoms with van der Waals surface area (Å²) in [5, 5.41) is 0. The molecule has 0 heteroatoms. The van der Waals surface area contributed by atoms with E-state index in [9.17, 15) is 0 Å². The first-order chi connectivity index (χ1) is 4.67. The monoisotopic (exact) mass is 135 g/mol. The van der Waals surface area contributed by atoms with Crippen LogP contribution in [-0.2, 0) is 0 Å². The van der Waals surface area contributed by atoms with Crippen LogP contribution in [0.3, 0.4) is 0 Å². The lowest BCUT2D eigenvalue weighted by molar-refractivity contribution is 0.356. The molecule has 0 spiro atoms. The van der Waals surface area contributed by atoms with E-state index in [1.54, 1.807) is 0 Å². The number of hydrogen-bond donors (Lipinski definition) is 0. The zero-order valence-corrected chi connectivity index (χ0v) is 6.85. The third-order valence-electron chi connectivity index (χ3n) is 3.46. The van der Waals surface area contributed by atoms with E-state index in [4.69, 9.17) is 0 Å². The van der Waals surface area contributed by atoms with Crippen LogP contribution in [0.15, 0.2) is 12.2 Å². The molecule has 0 aromatic carbocycles. The van der Waals surface area contributed by atoms with Crippen LogP contribution < -0.4 is 0 Å². The van der Waals surface area contributed by atoms with E-state index in [-0.39, 0.29) is 0 Å². The molecule has 0 amide bonds. The Kier molecular flexibility index (Phi) is 1.07. The molecule has 2 aliphatic carbocycles. The summed E-state index contributed by atoms with van der Waals surface area (Å²) >= 11 is 0. The first-order valence-corrected chi connectivity index (χ1v) is 4.19. The Morgan fingerprint density at radius 2 is 2.40 bits per heavy atom. The van der Waals surface area contributed by atoms with Gasteiger partial charge in [0.2, 0.25) is 0 Å². The summed E-state index contributed by atoms with van der Waals surface area (Å²) in [6.45, 7) is 8.73. The van der Waals surface area contributed by atoms with E-state index in [0.29, 0.717) is 5.41 Å². The second-order valence-electron chi connectivity index (χ2n) is 4.13. The van der Waals surface area contributed by atoms with E-state index in [0.717, 1.165) is 11.8 Å². The maximum absolute atomic E-state index is 4.05. The molecule has 0 bridgehead atoms. The van der Waals surface area contributed by atoms with Gasteiger partial charge in [-0.2, -0.15) is 0 Å². The van der Waals surface area contributed by atoms with E-state index in [1.165, 1.54) is 18.4 Å². The fourth-order valence-electron chi connectivity index (χ4n) is 2.38. The highest BCUT2D eigenvalue weighted by Gasteiger charge is 2.60. The summed E-state index contributed by atoms with van der Waals surface area (Å²) in [6.07, 6.45) is 5.04. The van der Waals surface area contributed by atoms with Crippen molar-refractivity contribution in [2.24, 2.45) is 17.3 Å². The predicted octanol–water partition coefficient (Wildman–Crippen LogP) is 2.81. The molecule has 0 N–H and O–H groups in total. The van der Waals surface area contributed by atoms with Crippen LogP contribution >= 0.6 is 0 Å². The zero-order chi connectivity index (χ0) is 7.35. The van der Waals surface area contributed by atoms with Crippen molar-refractivity contribution in [3.63, 3.8) is 0 Å². The zero-order valence-electron chi connectivity index (χ0n) is 6.85. The maximum Gasteiger partial charge on any atom is -0.0131 e. The predicted molar refractivity (Wildman–Crippen MR) is 43.4 cm³/mol. The highest BCUT2D eigenvalue weighted by atomic mass is 14.6. The largest absolute Gasteiger partial charge is 0.0993 e. The molecule has 0 aromatic rings. The number of fused-ring (bicyclic) bond motifs is 1. The van der Waals surface area contributed by atoms with Gasteiger partial charge in [0, 0.05) is 0 Å². The van der Waals surface area contributed by atoms with Crippen LogP contribution in [0, 0.1) is 23.7 Å². The lowest BCUT2D eigenvalue weighted by atomic mass is 9.90. The first-order valence-electron chi connectivity index (χ1n) is 4.19. The van der Waals surface area contributed by atoms with Crippen molar-refractivity contribution >= 4 is 0 Å². The molecule has 1 radical (unpaired) electrons. The summed E-state index contributed by atoms with van der Waals surface area (Å²) < 4.78 is 0. The van der Waals surface area contributed by atoms with Crippen molar-refractivity contribution in [1.29, 1.82) is 0 Å². The summed E-state index contributed by atoms with van der Waals surface area (Å²) in [6, 6.07) is 0. The second kappa shape index (κ2) is 1.66. The molecule has 55 valence electrons. The Morgan fingerprint density at radius 1 is 1.70 bits per heavy atom. The minimum atomic E-state index is 0.678. The molecule has 0 heterocycles. The van der Waals surface area contributed by atoms with Gasteiger partial charge in [-0.05, 0) is 36.5 Å². The third-order valence-corrected chi connectivity index (χ3v) is 3.46. The number of allylic oxidation sites excluding steroid dienone is 1. The van der Waals surface area contributed by atoms with Crippen molar-refractivity contribution in [3.8, 4) is 0 Å². The van der Waals surface area contributed by atoms with Gasteiger partial charge in [-0.15, -0.1) is 0 Å². The SMILES string of the molecule is C=C1[CH]CC2(C(C)C)CC12. The lowest BCUT2D eigenvalue weighted by Crippen LogP contribution is -2.07. The van der Waals surface area contributed by atoms with E-state index in [2.05, 4.69) is 26.8 Å². The second-order valence-corrected chi connectivity index (χ2v) is 4.13. The Hall–Kier alpha value is -0.260. The number of hydrogen-bond acceptors (Lipinski definition) is 0. The molecule has 10 heavy (non-hydrogen) atoms. The molecule has 0 aliphatic heterocycles. The summed E-state index contributed by atoms with van der Waals surface area (Å²) in [4.78, 5) is 0. The fraction of sp³-hybridized carbons (Fsp3) is 0.700. The van der Waals surface area contributed by atoms with Crippen LogP contribution in [-0.4, -0.2) is 0 Å². The highest BCUT2D eigenvalue weighted by Crippen LogP contribution is 2.68. The van der Waals surface area contributed by atoms with Crippen molar-refractivity contribution in [2.45, 2.75) is 26.7 Å². The van der Waals surface area contributed by atoms with Crippen molar-refractivity contribution in [2.75, 3.05) is 0 Å². The quantitative estimate of drug-likeness (QED) is 0.518. The standard InChI is InChI=1S/C10H15/c1-7(2)10-5-4-8(3)9(10)6-10/h4,7,9H,3,5-6H2,1-2H3. The van der Waals surface area contributed by atoms with Crippen LogP contribution in [0.5, 0.6) is 0 Å². The molecule has 2 fully saturated rings. The van der Waals surface area contributed by atoms with Gasteiger partial charge in [-0.3, -0.25) is 0 Å². The van der Waals surface area contributed by atoms with E-state index < -0.39 is 0 Å². The van der Waals surface area contributed by atoms with Gasteiger partial charge in [0.1, 0.15) is 0 Å². The molecule has 0 saturated heterocycles. The van der Waals surface area contributed by atoms with Crippen molar-refractivity contribution in [1.82, 2.24) is 0 Å². The van der Waals surface area contributed by atoms with E-state index >= 15 is 0 Å². The lowest BCUT2D eigenvalue weighted by Gasteiger charge is -2.14. The summed E-state index contributed by atoms with van der Waals surface area (Å²) in [7, 11) is 0. The van der Waals surface area contributed by atoms with Gasteiger partial charge in [-0.25, -0.2) is 0 Å². The average molecular weight is 135 g/mol. The minimum Gasteiger partial charge on any atom is -0.0993 e. The Bertz CT molecular complexity index is 178. The molecule has 0 aromatic heterocycles. The minimum absolute atomic E-state index is 0.678. The number of rotatable bonds is 1. The van der Waals surface area contributed by atoms with Gasteiger partial charge in [0.05, 0.1) is 0 Å². The van der Waals surface area contributed by atoms with Crippen molar-refractivity contribution < 1.29 is 0 Å². The fourth-order valence-corrected chi connectivity index (χ4v) is 2.38. The third kappa shape index (κ3) is 0.574. The molecule has 2 unspecified atom stereocenters. The maximum atomic E-state index is 4.05. The van der Waals surface area contributed by atoms with Gasteiger partial charge < -0.3 is 0 Å². The molecule has 2 saturated carbocycles. The van der Waals surface area contributed by atoms with Crippen LogP contribution in [0.4, 0.5) is 0 Å². The molecule has 2 atom stereocenters. The topological polar surface area (TPSA) is 0 Å². The first kappa shape index (κ1) is 6.45. The van der Waals surface area contributed by atoms with Crippen LogP contribution in [0.25, 0.3) is 0 Å². The summed E-state index contributed by atoms with van der Waals surface area (Å²) in [5.74, 6) is 1.72. The molecular formula is C10H15. The van der Waals surface area contributed by atoms with Gasteiger partial charge in [0.25, 0.3) is 0 Å². The van der Waals surface area contributed by atoms with Crippen LogP contribution in [0.1, 0.15) is 26.7 Å².